The minimum Gasteiger partial charge on any atom is -0.307 e. The fourth-order valence-electron chi connectivity index (χ4n) is 6.29. The summed E-state index contributed by atoms with van der Waals surface area (Å²) in [5.74, 6) is 1.61. The highest BCUT2D eigenvalue weighted by atomic mass is 15.2. The van der Waals surface area contributed by atoms with Crippen LogP contribution in [0, 0.1) is 0 Å². The van der Waals surface area contributed by atoms with E-state index in [0.29, 0.717) is 0 Å². The molecule has 0 bridgehead atoms. The Morgan fingerprint density at radius 1 is 0.463 bits per heavy atom. The van der Waals surface area contributed by atoms with Gasteiger partial charge in [0.25, 0.3) is 0 Å². The summed E-state index contributed by atoms with van der Waals surface area (Å²) < 4.78 is 6.70. The van der Waals surface area contributed by atoms with E-state index in [1.807, 2.05) is 30.6 Å². The lowest BCUT2D eigenvalue weighted by molar-refractivity contribution is 1.04. The molecule has 0 saturated heterocycles. The maximum atomic E-state index is 5.08. The molecule has 5 aromatic heterocycles. The Morgan fingerprint density at radius 2 is 1.07 bits per heavy atom. The SMILES string of the molecule is c1cnc(-n2c3ccccc3n3c4ccccc4nc23)c(-c2ncccc2-n2c3ccccc3c3ccccc32)c1. The second-order valence-electron chi connectivity index (χ2n) is 10.2. The summed E-state index contributed by atoms with van der Waals surface area (Å²) >= 11 is 0. The van der Waals surface area contributed by atoms with Crippen LogP contribution in [0.25, 0.3) is 72.4 Å². The van der Waals surface area contributed by atoms with Crippen molar-refractivity contribution in [3.05, 3.63) is 134 Å². The number of imidazole rings is 2. The van der Waals surface area contributed by atoms with Gasteiger partial charge < -0.3 is 4.57 Å². The van der Waals surface area contributed by atoms with Crippen molar-refractivity contribution in [1.82, 2.24) is 28.5 Å². The van der Waals surface area contributed by atoms with Gasteiger partial charge in [-0.05, 0) is 60.7 Å². The first kappa shape index (κ1) is 22.1. The Morgan fingerprint density at radius 3 is 1.85 bits per heavy atom. The number of hydrogen-bond acceptors (Lipinski definition) is 3. The lowest BCUT2D eigenvalue weighted by Crippen LogP contribution is -2.05. The second-order valence-corrected chi connectivity index (χ2v) is 10.2. The quantitative estimate of drug-likeness (QED) is 0.234. The number of pyridine rings is 2. The molecule has 0 unspecified atom stereocenters. The van der Waals surface area contributed by atoms with Crippen LogP contribution in [0.5, 0.6) is 0 Å². The van der Waals surface area contributed by atoms with Crippen LogP contribution in [0.1, 0.15) is 0 Å². The maximum Gasteiger partial charge on any atom is 0.221 e. The van der Waals surface area contributed by atoms with Gasteiger partial charge in [-0.2, -0.15) is 0 Å². The molecule has 0 saturated carbocycles. The molecule has 4 aromatic carbocycles. The van der Waals surface area contributed by atoms with Gasteiger partial charge >= 0.3 is 0 Å². The van der Waals surface area contributed by atoms with Crippen molar-refractivity contribution in [2.45, 2.75) is 0 Å². The molecule has 5 heterocycles. The largest absolute Gasteiger partial charge is 0.307 e. The first-order chi connectivity index (χ1) is 20.4. The molecule has 0 radical (unpaired) electrons. The van der Waals surface area contributed by atoms with Gasteiger partial charge in [0.05, 0.1) is 44.5 Å². The van der Waals surface area contributed by atoms with Crippen molar-refractivity contribution < 1.29 is 0 Å². The van der Waals surface area contributed by atoms with Crippen molar-refractivity contribution in [2.75, 3.05) is 0 Å². The molecule has 9 aromatic rings. The molecule has 6 heteroatoms. The van der Waals surface area contributed by atoms with E-state index in [9.17, 15) is 0 Å². The minimum absolute atomic E-state index is 0.787. The van der Waals surface area contributed by atoms with Gasteiger partial charge in [-0.15, -0.1) is 0 Å². The molecule has 0 fully saturated rings. The lowest BCUT2D eigenvalue weighted by Gasteiger charge is -2.15. The van der Waals surface area contributed by atoms with Gasteiger partial charge in [-0.25, -0.2) is 9.97 Å². The molecular weight excluding hydrogens is 504 g/mol. The molecule has 6 nitrogen and oxygen atoms in total. The maximum absolute atomic E-state index is 5.08. The van der Waals surface area contributed by atoms with Crippen molar-refractivity contribution in [1.29, 1.82) is 0 Å². The molecular formula is C35H22N6. The normalized spacial score (nSPS) is 11.9. The van der Waals surface area contributed by atoms with E-state index in [1.165, 1.54) is 10.8 Å². The monoisotopic (exact) mass is 526 g/mol. The zero-order valence-electron chi connectivity index (χ0n) is 21.9. The zero-order chi connectivity index (χ0) is 26.9. The number of aromatic nitrogens is 6. The molecule has 0 spiro atoms. The number of fused-ring (bicyclic) bond motifs is 8. The molecule has 0 amide bonds. The van der Waals surface area contributed by atoms with Crippen LogP contribution in [0.15, 0.2) is 134 Å². The average Bonchev–Trinajstić information content (AvgIpc) is 3.68. The first-order valence-electron chi connectivity index (χ1n) is 13.6. The third-order valence-corrected chi connectivity index (χ3v) is 7.97. The number of hydrogen-bond donors (Lipinski definition) is 0. The fourth-order valence-corrected chi connectivity index (χ4v) is 6.29. The van der Waals surface area contributed by atoms with Crippen LogP contribution >= 0.6 is 0 Å². The summed E-state index contributed by atoms with van der Waals surface area (Å²) in [7, 11) is 0. The Labute approximate surface area is 234 Å². The molecule has 192 valence electrons. The van der Waals surface area contributed by atoms with E-state index in [4.69, 9.17) is 15.0 Å². The Bertz CT molecular complexity index is 2390. The highest BCUT2D eigenvalue weighted by molar-refractivity contribution is 6.09. The minimum atomic E-state index is 0.787. The van der Waals surface area contributed by atoms with Crippen molar-refractivity contribution in [2.24, 2.45) is 0 Å². The van der Waals surface area contributed by atoms with E-state index in [-0.39, 0.29) is 0 Å². The second kappa shape index (κ2) is 8.37. The van der Waals surface area contributed by atoms with Crippen LogP contribution < -0.4 is 0 Å². The predicted molar refractivity (Wildman–Crippen MR) is 165 cm³/mol. The molecule has 0 atom stereocenters. The van der Waals surface area contributed by atoms with Gasteiger partial charge in [0.2, 0.25) is 5.78 Å². The number of rotatable bonds is 3. The van der Waals surface area contributed by atoms with Crippen molar-refractivity contribution in [3.8, 4) is 22.8 Å². The van der Waals surface area contributed by atoms with E-state index in [1.54, 1.807) is 0 Å². The lowest BCUT2D eigenvalue weighted by atomic mass is 10.1. The summed E-state index contributed by atoms with van der Waals surface area (Å²) in [5.41, 5.74) is 9.20. The Kier molecular flexibility index (Phi) is 4.51. The highest BCUT2D eigenvalue weighted by Crippen LogP contribution is 2.38. The van der Waals surface area contributed by atoms with E-state index in [2.05, 4.69) is 117 Å². The average molecular weight is 527 g/mol. The number of benzene rings is 4. The molecule has 0 N–H and O–H groups in total. The first-order valence-corrected chi connectivity index (χ1v) is 13.6. The van der Waals surface area contributed by atoms with Crippen molar-refractivity contribution >= 4 is 49.7 Å². The molecule has 9 rings (SSSR count). The van der Waals surface area contributed by atoms with Gasteiger partial charge in [0.1, 0.15) is 5.82 Å². The van der Waals surface area contributed by atoms with Crippen LogP contribution in [-0.2, 0) is 0 Å². The van der Waals surface area contributed by atoms with Gasteiger partial charge in [0.15, 0.2) is 0 Å². The summed E-state index contributed by atoms with van der Waals surface area (Å²) in [4.78, 5) is 15.0. The van der Waals surface area contributed by atoms with E-state index in [0.717, 1.165) is 61.6 Å². The number of para-hydroxylation sites is 6. The molecule has 41 heavy (non-hydrogen) atoms. The Balaban J connectivity index is 1.38. The smallest absolute Gasteiger partial charge is 0.221 e. The topological polar surface area (TPSA) is 52.9 Å². The molecule has 0 aliphatic rings. The number of nitrogens with zero attached hydrogens (tertiary/aromatic N) is 6. The standard InChI is InChI=1S/C35H22N6/c1-4-15-27-23(11-1)24-12-2-5-16-28(24)39(27)32-20-10-21-36-33(32)25-13-9-22-37-34(25)41-31-19-8-7-18-30(31)40-29-17-6-3-14-26(29)38-35(40)41/h1-22H. The van der Waals surface area contributed by atoms with Crippen LogP contribution in [-0.4, -0.2) is 28.5 Å². The summed E-state index contributed by atoms with van der Waals surface area (Å²) in [6, 6.07) is 42.0. The molecule has 0 aliphatic heterocycles. The highest BCUT2D eigenvalue weighted by Gasteiger charge is 2.23. The summed E-state index contributed by atoms with van der Waals surface area (Å²) in [6.45, 7) is 0. The third kappa shape index (κ3) is 3.04. The third-order valence-electron chi connectivity index (χ3n) is 7.97. The van der Waals surface area contributed by atoms with Crippen LogP contribution in [0.2, 0.25) is 0 Å². The van der Waals surface area contributed by atoms with Gasteiger partial charge in [-0.3, -0.25) is 14.0 Å². The molecule has 0 aliphatic carbocycles. The summed E-state index contributed by atoms with van der Waals surface area (Å²) in [5, 5.41) is 2.43. The zero-order valence-corrected chi connectivity index (χ0v) is 21.9. The Hall–Kier alpha value is -5.75. The van der Waals surface area contributed by atoms with Crippen LogP contribution in [0.4, 0.5) is 0 Å². The fraction of sp³-hybridized carbons (Fsp3) is 0. The van der Waals surface area contributed by atoms with Crippen LogP contribution in [0.3, 0.4) is 0 Å². The van der Waals surface area contributed by atoms with Gasteiger partial charge in [0, 0.05) is 28.7 Å². The predicted octanol–water partition coefficient (Wildman–Crippen LogP) is 7.99. The van der Waals surface area contributed by atoms with Crippen molar-refractivity contribution in [3.63, 3.8) is 0 Å². The summed E-state index contributed by atoms with van der Waals surface area (Å²) in [6.07, 6.45) is 3.70. The van der Waals surface area contributed by atoms with E-state index < -0.39 is 0 Å². The van der Waals surface area contributed by atoms with E-state index >= 15 is 0 Å². The van der Waals surface area contributed by atoms with Gasteiger partial charge in [-0.1, -0.05) is 60.7 Å².